The van der Waals surface area contributed by atoms with E-state index in [2.05, 4.69) is 229 Å². The smallest absolute Gasteiger partial charge is 0.170 e. The number of anilines is 2. The van der Waals surface area contributed by atoms with Crippen LogP contribution in [-0.2, 0) is 5.41 Å². The molecule has 0 bridgehead atoms. The Morgan fingerprint density at radius 3 is 1.80 bits per heavy atom. The third-order valence-electron chi connectivity index (χ3n) is 14.5. The first-order valence-electron chi connectivity index (χ1n) is 22.6. The quantitative estimate of drug-likeness (QED) is 0.172. The average molecular weight is 852 g/mol. The van der Waals surface area contributed by atoms with Gasteiger partial charge in [-0.15, -0.1) is 11.8 Å². The largest absolute Gasteiger partial charge is 0.449 e. The number of allylic oxidation sites excluding steroid dienone is 5. The fourth-order valence-corrected chi connectivity index (χ4v) is 13.1. The summed E-state index contributed by atoms with van der Waals surface area (Å²) >= 11 is 1.98. The van der Waals surface area contributed by atoms with Crippen LogP contribution in [-0.4, -0.2) is 11.3 Å². The maximum absolute atomic E-state index is 7.02. The van der Waals surface area contributed by atoms with E-state index in [4.69, 9.17) is 9.47 Å². The Morgan fingerprint density at radius 1 is 0.431 bits per heavy atom. The molecule has 8 aromatic rings. The van der Waals surface area contributed by atoms with Gasteiger partial charge in [0, 0.05) is 38.9 Å². The molecule has 0 radical (unpaired) electrons. The van der Waals surface area contributed by atoms with Crippen molar-refractivity contribution in [2.45, 2.75) is 33.4 Å². The van der Waals surface area contributed by atoms with Crippen LogP contribution < -0.4 is 14.4 Å². The van der Waals surface area contributed by atoms with Gasteiger partial charge in [-0.05, 0) is 110 Å². The molecule has 308 valence electrons. The van der Waals surface area contributed by atoms with E-state index in [0.717, 1.165) is 34.0 Å². The molecule has 0 aromatic heterocycles. The molecule has 8 aromatic carbocycles. The first-order chi connectivity index (χ1) is 32.2. The topological polar surface area (TPSA) is 21.7 Å². The Hall–Kier alpha value is -7.53. The lowest BCUT2D eigenvalue weighted by Crippen LogP contribution is -2.35. The minimum Gasteiger partial charge on any atom is -0.449 e. The summed E-state index contributed by atoms with van der Waals surface area (Å²) in [6.45, 7) is 0. The third kappa shape index (κ3) is 5.38. The van der Waals surface area contributed by atoms with E-state index in [0.29, 0.717) is 22.7 Å². The normalized spacial score (nSPS) is 20.1. The van der Waals surface area contributed by atoms with E-state index in [1.54, 1.807) is 0 Å². The lowest BCUT2D eigenvalue weighted by Gasteiger charge is -2.39. The predicted octanol–water partition coefficient (Wildman–Crippen LogP) is 15.7. The molecule has 4 atom stereocenters. The van der Waals surface area contributed by atoms with Crippen LogP contribution in [0.3, 0.4) is 0 Å². The fraction of sp³-hybridized carbons (Fsp3) is 0.0820. The minimum absolute atomic E-state index is 0.0155. The highest BCUT2D eigenvalue weighted by atomic mass is 32.2. The van der Waals surface area contributed by atoms with Crippen LogP contribution in [0.15, 0.2) is 229 Å². The lowest BCUT2D eigenvalue weighted by atomic mass is 9.70. The minimum atomic E-state index is -0.467. The standard InChI is InChI=1S/C61H41NO2S/c1-2-16-40(17-3-1)62(53-27-13-7-18-41(53)38-31-33-60-48(34-38)46-23-9-15-29-59(46)65-60)54-28-14-8-19-42(54)39-30-32-55-56(35-39)64-58-37-52-47(36-57(58)63-55)45-22-6-12-26-51(45)61(52)49-24-10-4-20-43(49)44-21-5-11-25-50(44)61/h1-37,41,46,53,59H/t41?,46?,53-,59?/m1/s1. The highest BCUT2D eigenvalue weighted by Gasteiger charge is 2.52. The van der Waals surface area contributed by atoms with Crippen molar-refractivity contribution in [3.05, 3.63) is 258 Å². The molecule has 4 aliphatic carbocycles. The van der Waals surface area contributed by atoms with Gasteiger partial charge in [0.05, 0.1) is 11.5 Å². The van der Waals surface area contributed by atoms with E-state index in [9.17, 15) is 0 Å². The zero-order valence-corrected chi connectivity index (χ0v) is 36.2. The molecule has 3 unspecified atom stereocenters. The summed E-state index contributed by atoms with van der Waals surface area (Å²) in [5, 5.41) is 0.465. The van der Waals surface area contributed by atoms with Crippen molar-refractivity contribution in [2.24, 2.45) is 0 Å². The second-order valence-corrected chi connectivity index (χ2v) is 19.0. The second-order valence-electron chi connectivity index (χ2n) is 17.8. The molecule has 65 heavy (non-hydrogen) atoms. The van der Waals surface area contributed by atoms with Crippen LogP contribution in [0.4, 0.5) is 11.4 Å². The number of para-hydroxylation sites is 2. The number of ether oxygens (including phenoxy) is 2. The number of fused-ring (bicyclic) bond motifs is 15. The maximum atomic E-state index is 7.02. The number of rotatable bonds is 5. The van der Waals surface area contributed by atoms with Crippen molar-refractivity contribution in [2.75, 3.05) is 4.90 Å². The van der Waals surface area contributed by atoms with Gasteiger partial charge in [-0.2, -0.15) is 0 Å². The predicted molar refractivity (Wildman–Crippen MR) is 265 cm³/mol. The first kappa shape index (κ1) is 36.9. The highest BCUT2D eigenvalue weighted by molar-refractivity contribution is 8.00. The van der Waals surface area contributed by atoms with Crippen molar-refractivity contribution >= 4 is 23.1 Å². The van der Waals surface area contributed by atoms with Crippen LogP contribution in [0.5, 0.6) is 23.0 Å². The summed E-state index contributed by atoms with van der Waals surface area (Å²) in [7, 11) is 0. The van der Waals surface area contributed by atoms with Gasteiger partial charge >= 0.3 is 0 Å². The highest BCUT2D eigenvalue weighted by Crippen LogP contribution is 2.65. The summed E-state index contributed by atoms with van der Waals surface area (Å²) in [4.78, 5) is 3.92. The van der Waals surface area contributed by atoms with Crippen LogP contribution >= 0.6 is 11.8 Å². The first-order valence-corrected chi connectivity index (χ1v) is 23.5. The molecule has 0 saturated carbocycles. The van der Waals surface area contributed by atoms with Crippen molar-refractivity contribution in [1.29, 1.82) is 0 Å². The van der Waals surface area contributed by atoms with Gasteiger partial charge in [0.2, 0.25) is 0 Å². The number of thioether (sulfide) groups is 1. The summed E-state index contributed by atoms with van der Waals surface area (Å²) in [6.07, 6.45) is 18.3. The molecule has 2 heterocycles. The van der Waals surface area contributed by atoms with E-state index >= 15 is 0 Å². The van der Waals surface area contributed by atoms with Gasteiger partial charge in [0.25, 0.3) is 0 Å². The third-order valence-corrected chi connectivity index (χ3v) is 15.8. The van der Waals surface area contributed by atoms with Crippen molar-refractivity contribution in [3.8, 4) is 56.4 Å². The lowest BCUT2D eigenvalue weighted by molar-refractivity contribution is 0.359. The number of nitrogens with zero attached hydrogens (tertiary/aromatic N) is 1. The molecule has 3 nitrogen and oxygen atoms in total. The Kier molecular flexibility index (Phi) is 8.08. The molecule has 2 aliphatic heterocycles. The van der Waals surface area contributed by atoms with Gasteiger partial charge < -0.3 is 14.4 Å². The molecule has 6 aliphatic rings. The Labute approximate surface area is 383 Å². The van der Waals surface area contributed by atoms with E-state index < -0.39 is 5.41 Å². The average Bonchev–Trinajstić information content (AvgIpc) is 3.99. The summed E-state index contributed by atoms with van der Waals surface area (Å²) < 4.78 is 13.8. The molecule has 0 fully saturated rings. The maximum Gasteiger partial charge on any atom is 0.170 e. The summed E-state index contributed by atoms with van der Waals surface area (Å²) in [5.41, 5.74) is 16.8. The molecule has 0 saturated heterocycles. The van der Waals surface area contributed by atoms with Crippen molar-refractivity contribution in [3.63, 3.8) is 0 Å². The van der Waals surface area contributed by atoms with Gasteiger partial charge in [0.1, 0.15) is 0 Å². The number of benzene rings is 8. The SMILES string of the molecule is C1=CC2Sc3ccc(C4C=CC=C[C@H]4N(c4ccccc4)c4ccccc4-c4ccc5c(c4)Oc4cc6c(cc4O5)-c4ccccc4C64c5ccccc5-c5ccccc54)cc3C2C=C1. The number of hydrogen-bond acceptors (Lipinski definition) is 4. The van der Waals surface area contributed by atoms with Gasteiger partial charge in [-0.3, -0.25) is 0 Å². The summed E-state index contributed by atoms with van der Waals surface area (Å²) in [5.74, 6) is 3.39. The molecular weight excluding hydrogens is 811 g/mol. The van der Waals surface area contributed by atoms with Crippen LogP contribution in [0, 0.1) is 0 Å². The van der Waals surface area contributed by atoms with Gasteiger partial charge in [-0.25, -0.2) is 0 Å². The van der Waals surface area contributed by atoms with Crippen LogP contribution in [0.25, 0.3) is 33.4 Å². The molecule has 1 spiro atoms. The van der Waals surface area contributed by atoms with Gasteiger partial charge in [-0.1, -0.05) is 176 Å². The Balaban J connectivity index is 0.863. The van der Waals surface area contributed by atoms with E-state index in [-0.39, 0.29) is 12.0 Å². The zero-order valence-electron chi connectivity index (χ0n) is 35.3. The number of hydrogen-bond donors (Lipinski definition) is 0. The molecule has 4 heteroatoms. The monoisotopic (exact) mass is 851 g/mol. The van der Waals surface area contributed by atoms with Crippen molar-refractivity contribution < 1.29 is 9.47 Å². The van der Waals surface area contributed by atoms with E-state index in [1.807, 2.05) is 11.8 Å². The van der Waals surface area contributed by atoms with Crippen LogP contribution in [0.2, 0.25) is 0 Å². The zero-order chi connectivity index (χ0) is 42.6. The molecule has 0 N–H and O–H groups in total. The summed E-state index contributed by atoms with van der Waals surface area (Å²) in [6, 6.07) is 64.4. The van der Waals surface area contributed by atoms with Crippen molar-refractivity contribution in [1.82, 2.24) is 0 Å². The fourth-order valence-electron chi connectivity index (χ4n) is 11.7. The van der Waals surface area contributed by atoms with Crippen LogP contribution in [0.1, 0.15) is 45.2 Å². The second kappa shape index (κ2) is 14.2. The van der Waals surface area contributed by atoms with Gasteiger partial charge in [0.15, 0.2) is 23.0 Å². The Bertz CT molecular complexity index is 3370. The van der Waals surface area contributed by atoms with E-state index in [1.165, 1.54) is 60.5 Å². The molecule has 14 rings (SSSR count). The molecular formula is C61H41NO2S. The molecule has 0 amide bonds. The Morgan fingerprint density at radius 2 is 1.03 bits per heavy atom.